The first kappa shape index (κ1) is 10.5. The van der Waals surface area contributed by atoms with Gasteiger partial charge in [0.2, 0.25) is 11.7 Å². The van der Waals surface area contributed by atoms with Crippen LogP contribution < -0.4 is 0 Å². The third-order valence-electron chi connectivity index (χ3n) is 3.28. The van der Waals surface area contributed by atoms with Crippen molar-refractivity contribution in [3.63, 3.8) is 0 Å². The SMILES string of the molecule is Cn1cncc1-c1noc(C2CCCC2O)n1. The van der Waals surface area contributed by atoms with Crippen LogP contribution in [0.15, 0.2) is 17.0 Å². The van der Waals surface area contributed by atoms with Crippen molar-refractivity contribution in [2.24, 2.45) is 7.05 Å². The third kappa shape index (κ3) is 1.74. The van der Waals surface area contributed by atoms with Crippen molar-refractivity contribution in [2.45, 2.75) is 31.3 Å². The summed E-state index contributed by atoms with van der Waals surface area (Å²) in [6, 6.07) is 0. The van der Waals surface area contributed by atoms with Crippen LogP contribution in [-0.2, 0) is 7.05 Å². The average molecular weight is 234 g/mol. The lowest BCUT2D eigenvalue weighted by Gasteiger charge is -2.07. The largest absolute Gasteiger partial charge is 0.392 e. The van der Waals surface area contributed by atoms with Crippen LogP contribution in [0.3, 0.4) is 0 Å². The minimum atomic E-state index is -0.352. The molecule has 2 unspecified atom stereocenters. The molecule has 3 rings (SSSR count). The molecule has 2 aromatic heterocycles. The van der Waals surface area contributed by atoms with E-state index in [1.54, 1.807) is 12.5 Å². The molecule has 0 aromatic carbocycles. The van der Waals surface area contributed by atoms with E-state index in [9.17, 15) is 5.11 Å². The number of hydrogen-bond acceptors (Lipinski definition) is 5. The maximum atomic E-state index is 9.79. The summed E-state index contributed by atoms with van der Waals surface area (Å²) in [7, 11) is 1.88. The molecular formula is C11H14N4O2. The van der Waals surface area contributed by atoms with E-state index in [1.807, 2.05) is 11.6 Å². The highest BCUT2D eigenvalue weighted by atomic mass is 16.5. The Balaban J connectivity index is 1.90. The minimum absolute atomic E-state index is 0.00974. The summed E-state index contributed by atoms with van der Waals surface area (Å²) in [4.78, 5) is 8.36. The third-order valence-corrected chi connectivity index (χ3v) is 3.28. The summed E-state index contributed by atoms with van der Waals surface area (Å²) >= 11 is 0. The molecule has 2 aromatic rings. The van der Waals surface area contributed by atoms with Gasteiger partial charge in [-0.25, -0.2) is 4.98 Å². The van der Waals surface area contributed by atoms with Crippen LogP contribution in [0, 0.1) is 0 Å². The monoisotopic (exact) mass is 234 g/mol. The highest BCUT2D eigenvalue weighted by Crippen LogP contribution is 2.34. The smallest absolute Gasteiger partial charge is 0.232 e. The fourth-order valence-corrected chi connectivity index (χ4v) is 2.29. The van der Waals surface area contributed by atoms with E-state index >= 15 is 0 Å². The second-order valence-electron chi connectivity index (χ2n) is 4.45. The first-order valence-electron chi connectivity index (χ1n) is 5.74. The molecule has 1 fully saturated rings. The summed E-state index contributed by atoms with van der Waals surface area (Å²) in [6.45, 7) is 0. The molecule has 1 aliphatic carbocycles. The molecule has 6 nitrogen and oxygen atoms in total. The fourth-order valence-electron chi connectivity index (χ4n) is 2.29. The number of aliphatic hydroxyl groups excluding tert-OH is 1. The Hall–Kier alpha value is -1.69. The minimum Gasteiger partial charge on any atom is -0.392 e. The van der Waals surface area contributed by atoms with E-state index in [0.717, 1.165) is 25.0 Å². The summed E-state index contributed by atoms with van der Waals surface area (Å²) in [5, 5.41) is 13.7. The number of aryl methyl sites for hydroxylation is 1. The van der Waals surface area contributed by atoms with Crippen molar-refractivity contribution >= 4 is 0 Å². The van der Waals surface area contributed by atoms with Crippen LogP contribution >= 0.6 is 0 Å². The van der Waals surface area contributed by atoms with E-state index in [0.29, 0.717) is 11.7 Å². The van der Waals surface area contributed by atoms with Gasteiger partial charge < -0.3 is 14.2 Å². The van der Waals surface area contributed by atoms with Crippen molar-refractivity contribution in [3.05, 3.63) is 18.4 Å². The zero-order chi connectivity index (χ0) is 11.8. The molecule has 90 valence electrons. The van der Waals surface area contributed by atoms with Gasteiger partial charge in [-0.15, -0.1) is 0 Å². The lowest BCUT2D eigenvalue weighted by Crippen LogP contribution is -2.11. The lowest BCUT2D eigenvalue weighted by molar-refractivity contribution is 0.148. The first-order chi connectivity index (χ1) is 8.25. The lowest BCUT2D eigenvalue weighted by atomic mass is 10.1. The van der Waals surface area contributed by atoms with E-state index in [-0.39, 0.29) is 12.0 Å². The van der Waals surface area contributed by atoms with E-state index < -0.39 is 0 Å². The van der Waals surface area contributed by atoms with Gasteiger partial charge in [0, 0.05) is 7.05 Å². The molecule has 17 heavy (non-hydrogen) atoms. The Kier molecular flexibility index (Phi) is 2.44. The normalized spacial score (nSPS) is 24.4. The van der Waals surface area contributed by atoms with Gasteiger partial charge in [0.1, 0.15) is 5.69 Å². The Morgan fingerprint density at radius 2 is 2.35 bits per heavy atom. The van der Waals surface area contributed by atoms with Crippen molar-refractivity contribution in [2.75, 3.05) is 0 Å². The van der Waals surface area contributed by atoms with Gasteiger partial charge in [0.15, 0.2) is 0 Å². The zero-order valence-electron chi connectivity index (χ0n) is 9.58. The van der Waals surface area contributed by atoms with Crippen molar-refractivity contribution in [3.8, 4) is 11.5 Å². The maximum Gasteiger partial charge on any atom is 0.232 e. The van der Waals surface area contributed by atoms with E-state index in [4.69, 9.17) is 4.52 Å². The van der Waals surface area contributed by atoms with Crippen LogP contribution in [0.25, 0.3) is 11.5 Å². The standard InChI is InChI=1S/C11H14N4O2/c1-15-6-12-5-8(15)10-13-11(17-14-10)7-3-2-4-9(7)16/h5-7,9,16H,2-4H2,1H3. The first-order valence-corrected chi connectivity index (χ1v) is 5.74. The Bertz CT molecular complexity index is 519. The summed E-state index contributed by atoms with van der Waals surface area (Å²) < 4.78 is 7.07. The van der Waals surface area contributed by atoms with Gasteiger partial charge in [-0.1, -0.05) is 5.16 Å². The van der Waals surface area contributed by atoms with Crippen LogP contribution in [0.5, 0.6) is 0 Å². The number of aliphatic hydroxyl groups is 1. The predicted molar refractivity (Wildman–Crippen MR) is 59.1 cm³/mol. The molecule has 1 saturated carbocycles. The molecule has 2 atom stereocenters. The number of imidazole rings is 1. The molecule has 6 heteroatoms. The van der Waals surface area contributed by atoms with Gasteiger partial charge in [-0.3, -0.25) is 0 Å². The molecule has 1 aliphatic rings. The van der Waals surface area contributed by atoms with Crippen molar-refractivity contribution in [1.29, 1.82) is 0 Å². The number of aromatic nitrogens is 4. The zero-order valence-corrected chi connectivity index (χ0v) is 9.58. The molecular weight excluding hydrogens is 220 g/mol. The quantitative estimate of drug-likeness (QED) is 0.841. The molecule has 0 amide bonds. The van der Waals surface area contributed by atoms with Gasteiger partial charge >= 0.3 is 0 Å². The van der Waals surface area contributed by atoms with Crippen LogP contribution in [0.2, 0.25) is 0 Å². The van der Waals surface area contributed by atoms with Crippen LogP contribution in [0.4, 0.5) is 0 Å². The molecule has 0 saturated heterocycles. The number of hydrogen-bond donors (Lipinski definition) is 1. The predicted octanol–water partition coefficient (Wildman–Crippen LogP) is 1.10. The van der Waals surface area contributed by atoms with Crippen molar-refractivity contribution < 1.29 is 9.63 Å². The van der Waals surface area contributed by atoms with Gasteiger partial charge in [-0.05, 0) is 19.3 Å². The van der Waals surface area contributed by atoms with Gasteiger partial charge in [0.05, 0.1) is 24.5 Å². The number of nitrogens with zero attached hydrogens (tertiary/aromatic N) is 4. The molecule has 0 bridgehead atoms. The summed E-state index contributed by atoms with van der Waals surface area (Å²) in [6.07, 6.45) is 5.77. The van der Waals surface area contributed by atoms with E-state index in [2.05, 4.69) is 15.1 Å². The van der Waals surface area contributed by atoms with Crippen molar-refractivity contribution in [1.82, 2.24) is 19.7 Å². The topological polar surface area (TPSA) is 77.0 Å². The summed E-state index contributed by atoms with van der Waals surface area (Å²) in [5.41, 5.74) is 0.812. The molecule has 2 heterocycles. The maximum absolute atomic E-state index is 9.79. The Morgan fingerprint density at radius 1 is 1.47 bits per heavy atom. The average Bonchev–Trinajstić information content (AvgIpc) is 2.97. The van der Waals surface area contributed by atoms with Crippen LogP contribution in [-0.4, -0.2) is 30.9 Å². The molecule has 1 N–H and O–H groups in total. The summed E-state index contributed by atoms with van der Waals surface area (Å²) in [5.74, 6) is 1.05. The Morgan fingerprint density at radius 3 is 3.00 bits per heavy atom. The highest BCUT2D eigenvalue weighted by molar-refractivity contribution is 5.47. The van der Waals surface area contributed by atoms with Crippen LogP contribution in [0.1, 0.15) is 31.1 Å². The van der Waals surface area contributed by atoms with Gasteiger partial charge in [-0.2, -0.15) is 4.98 Å². The van der Waals surface area contributed by atoms with Gasteiger partial charge in [0.25, 0.3) is 0 Å². The number of rotatable bonds is 2. The Labute approximate surface area is 98.3 Å². The molecule has 0 aliphatic heterocycles. The second kappa shape index (κ2) is 3.96. The highest BCUT2D eigenvalue weighted by Gasteiger charge is 2.31. The molecule has 0 radical (unpaired) electrons. The fraction of sp³-hybridized carbons (Fsp3) is 0.545. The molecule has 0 spiro atoms. The second-order valence-corrected chi connectivity index (χ2v) is 4.45. The van der Waals surface area contributed by atoms with E-state index in [1.165, 1.54) is 0 Å².